The van der Waals surface area contributed by atoms with Crippen molar-refractivity contribution in [3.05, 3.63) is 64.1 Å². The number of esters is 1. The number of hydrogen-bond acceptors (Lipinski definition) is 4. The number of ether oxygens (including phenoxy) is 2. The number of carbonyl (C=O) groups is 2. The van der Waals surface area contributed by atoms with Crippen LogP contribution in [0.4, 0.5) is 5.69 Å². The van der Waals surface area contributed by atoms with Crippen LogP contribution in [0.25, 0.3) is 6.08 Å². The summed E-state index contributed by atoms with van der Waals surface area (Å²) in [4.78, 5) is 23.5. The minimum Gasteiger partial charge on any atom is -0.496 e. The Morgan fingerprint density at radius 1 is 1.12 bits per heavy atom. The van der Waals surface area contributed by atoms with Gasteiger partial charge in [-0.25, -0.2) is 4.79 Å². The monoisotopic (exact) mass is 389 g/mol. The van der Waals surface area contributed by atoms with Crippen molar-refractivity contribution in [3.63, 3.8) is 0 Å². The average molecular weight is 390 g/mol. The van der Waals surface area contributed by atoms with Gasteiger partial charge in [-0.3, -0.25) is 4.79 Å². The minimum absolute atomic E-state index is 0.302. The summed E-state index contributed by atoms with van der Waals surface area (Å²) in [6, 6.07) is 12.0. The molecule has 2 rings (SSSR count). The number of anilines is 1. The number of halogens is 1. The Balaban J connectivity index is 2.05. The highest BCUT2D eigenvalue weighted by Gasteiger charge is 2.06. The van der Waals surface area contributed by atoms with Crippen molar-refractivity contribution in [3.8, 4) is 5.75 Å². The Bertz CT molecular complexity index is 786. The molecule has 2 aromatic carbocycles. The van der Waals surface area contributed by atoms with E-state index in [0.717, 1.165) is 15.8 Å². The van der Waals surface area contributed by atoms with Gasteiger partial charge in [0.15, 0.2) is 0 Å². The largest absolute Gasteiger partial charge is 0.496 e. The normalized spacial score (nSPS) is 10.5. The quantitative estimate of drug-likeness (QED) is 0.622. The van der Waals surface area contributed by atoms with E-state index in [2.05, 4.69) is 26.0 Å². The van der Waals surface area contributed by atoms with Crippen LogP contribution in [0, 0.1) is 0 Å². The lowest BCUT2D eigenvalue weighted by molar-refractivity contribution is -0.111. The zero-order valence-electron chi connectivity index (χ0n) is 13.2. The molecule has 24 heavy (non-hydrogen) atoms. The summed E-state index contributed by atoms with van der Waals surface area (Å²) in [5.74, 6) is -0.0371. The first-order valence-electron chi connectivity index (χ1n) is 7.04. The smallest absolute Gasteiger partial charge is 0.337 e. The lowest BCUT2D eigenvalue weighted by Gasteiger charge is -2.05. The summed E-state index contributed by atoms with van der Waals surface area (Å²) in [6.07, 6.45) is 3.10. The van der Waals surface area contributed by atoms with Crippen molar-refractivity contribution >= 4 is 39.6 Å². The number of rotatable bonds is 5. The average Bonchev–Trinajstić information content (AvgIpc) is 2.59. The van der Waals surface area contributed by atoms with Crippen LogP contribution in [-0.4, -0.2) is 26.1 Å². The number of amides is 1. The van der Waals surface area contributed by atoms with E-state index < -0.39 is 5.97 Å². The van der Waals surface area contributed by atoms with E-state index in [1.54, 1.807) is 37.5 Å². The maximum absolute atomic E-state index is 12.0. The first kappa shape index (κ1) is 17.7. The highest BCUT2D eigenvalue weighted by Crippen LogP contribution is 2.26. The molecular weight excluding hydrogens is 374 g/mol. The zero-order chi connectivity index (χ0) is 17.5. The molecule has 0 aromatic heterocycles. The van der Waals surface area contributed by atoms with Crippen LogP contribution in [0.15, 0.2) is 53.0 Å². The third-order valence-electron chi connectivity index (χ3n) is 3.15. The fraction of sp³-hybridized carbons (Fsp3) is 0.111. The van der Waals surface area contributed by atoms with Gasteiger partial charge in [-0.2, -0.15) is 0 Å². The molecule has 0 fully saturated rings. The molecule has 0 atom stereocenters. The molecule has 2 aromatic rings. The molecule has 5 nitrogen and oxygen atoms in total. The standard InChI is InChI=1S/C18H16BrNO4/c1-23-16-8-6-12(10-15(16)19)7-9-17(21)20-14-5-3-4-13(11-14)18(22)24-2/h3-11H,1-2H3,(H,20,21). The van der Waals surface area contributed by atoms with E-state index in [1.165, 1.54) is 13.2 Å². The molecule has 0 saturated heterocycles. The molecule has 0 aliphatic heterocycles. The SMILES string of the molecule is COC(=O)c1cccc(NC(=O)C=Cc2ccc(OC)c(Br)c2)c1. The van der Waals surface area contributed by atoms with E-state index in [-0.39, 0.29) is 5.91 Å². The predicted molar refractivity (Wildman–Crippen MR) is 96.1 cm³/mol. The molecule has 6 heteroatoms. The maximum Gasteiger partial charge on any atom is 0.337 e. The third kappa shape index (κ3) is 4.70. The summed E-state index contributed by atoms with van der Waals surface area (Å²) in [5.41, 5.74) is 1.74. The fourth-order valence-electron chi connectivity index (χ4n) is 1.98. The number of benzene rings is 2. The lowest BCUT2D eigenvalue weighted by atomic mass is 10.2. The van der Waals surface area contributed by atoms with Crippen molar-refractivity contribution in [1.82, 2.24) is 0 Å². The van der Waals surface area contributed by atoms with Crippen LogP contribution in [0.3, 0.4) is 0 Å². The molecule has 0 saturated carbocycles. The molecular formula is C18H16BrNO4. The van der Waals surface area contributed by atoms with E-state index in [4.69, 9.17) is 4.74 Å². The summed E-state index contributed by atoms with van der Waals surface area (Å²) in [5, 5.41) is 2.70. The topological polar surface area (TPSA) is 64.6 Å². The molecule has 0 aliphatic rings. The van der Waals surface area contributed by atoms with Gasteiger partial charge in [-0.1, -0.05) is 12.1 Å². The van der Waals surface area contributed by atoms with E-state index >= 15 is 0 Å². The van der Waals surface area contributed by atoms with Crippen LogP contribution < -0.4 is 10.1 Å². The van der Waals surface area contributed by atoms with Gasteiger partial charge in [-0.15, -0.1) is 0 Å². The molecule has 1 amide bonds. The second kappa shape index (κ2) is 8.31. The first-order chi connectivity index (χ1) is 11.5. The van der Waals surface area contributed by atoms with Crippen LogP contribution in [-0.2, 0) is 9.53 Å². The Hall–Kier alpha value is -2.60. The summed E-state index contributed by atoms with van der Waals surface area (Å²) in [7, 11) is 2.90. The zero-order valence-corrected chi connectivity index (χ0v) is 14.8. The van der Waals surface area contributed by atoms with Crippen molar-refractivity contribution in [2.24, 2.45) is 0 Å². The second-order valence-corrected chi connectivity index (χ2v) is 5.64. The van der Waals surface area contributed by atoms with Gasteiger partial charge < -0.3 is 14.8 Å². The molecule has 0 unspecified atom stereocenters. The number of hydrogen-bond donors (Lipinski definition) is 1. The van der Waals surface area contributed by atoms with Crippen LogP contribution >= 0.6 is 15.9 Å². The fourth-order valence-corrected chi connectivity index (χ4v) is 2.54. The van der Waals surface area contributed by atoms with Gasteiger partial charge in [0.2, 0.25) is 5.91 Å². The van der Waals surface area contributed by atoms with E-state index in [9.17, 15) is 9.59 Å². The molecule has 1 N–H and O–H groups in total. The molecule has 0 radical (unpaired) electrons. The number of nitrogens with one attached hydrogen (secondary N) is 1. The van der Waals surface area contributed by atoms with Gasteiger partial charge in [0, 0.05) is 11.8 Å². The van der Waals surface area contributed by atoms with Gasteiger partial charge in [-0.05, 0) is 57.9 Å². The van der Waals surface area contributed by atoms with Gasteiger partial charge in [0.05, 0.1) is 24.3 Å². The Labute approximate surface area is 148 Å². The van der Waals surface area contributed by atoms with Crippen molar-refractivity contribution in [2.45, 2.75) is 0 Å². The maximum atomic E-state index is 12.0. The summed E-state index contributed by atoms with van der Waals surface area (Å²) >= 11 is 3.39. The van der Waals surface area contributed by atoms with E-state index in [0.29, 0.717) is 11.3 Å². The molecule has 124 valence electrons. The van der Waals surface area contributed by atoms with Crippen molar-refractivity contribution in [2.75, 3.05) is 19.5 Å². The highest BCUT2D eigenvalue weighted by atomic mass is 79.9. The van der Waals surface area contributed by atoms with Crippen LogP contribution in [0.2, 0.25) is 0 Å². The molecule has 0 bridgehead atoms. The molecule has 0 spiro atoms. The van der Waals surface area contributed by atoms with Gasteiger partial charge in [0.25, 0.3) is 0 Å². The third-order valence-corrected chi connectivity index (χ3v) is 3.77. The minimum atomic E-state index is -0.454. The van der Waals surface area contributed by atoms with Crippen molar-refractivity contribution in [1.29, 1.82) is 0 Å². The second-order valence-electron chi connectivity index (χ2n) is 4.79. The highest BCUT2D eigenvalue weighted by molar-refractivity contribution is 9.10. The lowest BCUT2D eigenvalue weighted by Crippen LogP contribution is -2.09. The molecule has 0 heterocycles. The summed E-state index contributed by atoms with van der Waals surface area (Å²) < 4.78 is 10.6. The first-order valence-corrected chi connectivity index (χ1v) is 7.84. The van der Waals surface area contributed by atoms with E-state index in [1.807, 2.05) is 18.2 Å². The van der Waals surface area contributed by atoms with Crippen LogP contribution in [0.5, 0.6) is 5.75 Å². The van der Waals surface area contributed by atoms with Crippen LogP contribution in [0.1, 0.15) is 15.9 Å². The Morgan fingerprint density at radius 3 is 2.58 bits per heavy atom. The Morgan fingerprint density at radius 2 is 1.92 bits per heavy atom. The number of carbonyl (C=O) groups excluding carboxylic acids is 2. The Kier molecular flexibility index (Phi) is 6.14. The number of methoxy groups -OCH3 is 2. The van der Waals surface area contributed by atoms with Gasteiger partial charge in [0.1, 0.15) is 5.75 Å². The predicted octanol–water partition coefficient (Wildman–Crippen LogP) is 3.90. The summed E-state index contributed by atoms with van der Waals surface area (Å²) in [6.45, 7) is 0. The van der Waals surface area contributed by atoms with Crippen molar-refractivity contribution < 1.29 is 19.1 Å². The van der Waals surface area contributed by atoms with Gasteiger partial charge >= 0.3 is 5.97 Å². The molecule has 0 aliphatic carbocycles.